The molecule has 0 bridgehead atoms. The van der Waals surface area contributed by atoms with Crippen molar-refractivity contribution in [3.63, 3.8) is 0 Å². The van der Waals surface area contributed by atoms with Gasteiger partial charge in [-0.25, -0.2) is 4.79 Å². The fraction of sp³-hybridized carbons (Fsp3) is 0.571. The molecule has 0 spiro atoms. The topological polar surface area (TPSA) is 133 Å². The predicted molar refractivity (Wildman–Crippen MR) is 144 cm³/mol. The molecule has 1 aliphatic rings. The molecule has 1 fully saturated rings. The minimum atomic E-state index is -0.823. The fourth-order valence-electron chi connectivity index (χ4n) is 4.58. The first-order valence-corrected chi connectivity index (χ1v) is 13.1. The zero-order valence-corrected chi connectivity index (χ0v) is 23.0. The molecule has 3 N–H and O–H groups in total. The van der Waals surface area contributed by atoms with Gasteiger partial charge in [-0.15, -0.1) is 0 Å². The van der Waals surface area contributed by atoms with Crippen molar-refractivity contribution in [2.75, 3.05) is 26.8 Å². The Kier molecular flexibility index (Phi) is 10.0. The van der Waals surface area contributed by atoms with Gasteiger partial charge in [0.15, 0.2) is 0 Å². The van der Waals surface area contributed by atoms with E-state index in [1.54, 1.807) is 31.3 Å². The standard InChI is InChI=1S/C28H40N4O6/c1-18(10-13-29)37-16-12-28(3,4)38-20-8-9-23-22(17-20)21(11-14-30-23)25(33)31-19(2)26(34)32-15-6-7-24(32)27(35)36-5/h8-9,11,14,17-19,24H,6-7,10,12-13,15-16,29H2,1-5H3,(H,31,33). The number of likely N-dealkylation sites (tertiary alicyclic amines) is 1. The molecule has 1 aromatic heterocycles. The maximum absolute atomic E-state index is 13.2. The Labute approximate surface area is 224 Å². The number of methoxy groups -OCH3 is 1. The second-order valence-corrected chi connectivity index (χ2v) is 10.3. The lowest BCUT2D eigenvalue weighted by atomic mass is 10.0. The molecule has 208 valence electrons. The Morgan fingerprint density at radius 1 is 1.24 bits per heavy atom. The highest BCUT2D eigenvalue weighted by Gasteiger charge is 2.37. The summed E-state index contributed by atoms with van der Waals surface area (Å²) < 4.78 is 16.9. The van der Waals surface area contributed by atoms with Crippen LogP contribution in [0, 0.1) is 0 Å². The number of aromatic nitrogens is 1. The van der Waals surface area contributed by atoms with E-state index in [0.29, 0.717) is 61.2 Å². The summed E-state index contributed by atoms with van der Waals surface area (Å²) in [5, 5.41) is 3.39. The molecule has 0 radical (unpaired) electrons. The lowest BCUT2D eigenvalue weighted by molar-refractivity contribution is -0.151. The quantitative estimate of drug-likeness (QED) is 0.402. The number of pyridine rings is 1. The van der Waals surface area contributed by atoms with Gasteiger partial charge in [0, 0.05) is 24.5 Å². The van der Waals surface area contributed by atoms with E-state index in [0.717, 1.165) is 6.42 Å². The largest absolute Gasteiger partial charge is 0.488 e. The molecule has 1 aromatic carbocycles. The van der Waals surface area contributed by atoms with E-state index in [2.05, 4.69) is 10.3 Å². The van der Waals surface area contributed by atoms with Gasteiger partial charge >= 0.3 is 5.97 Å². The van der Waals surface area contributed by atoms with Crippen LogP contribution < -0.4 is 15.8 Å². The van der Waals surface area contributed by atoms with Crippen molar-refractivity contribution in [1.82, 2.24) is 15.2 Å². The molecule has 3 rings (SSSR count). The number of ether oxygens (including phenoxy) is 3. The highest BCUT2D eigenvalue weighted by Crippen LogP contribution is 2.27. The average Bonchev–Trinajstić information content (AvgIpc) is 3.37. The number of esters is 1. The molecule has 2 amide bonds. The van der Waals surface area contributed by atoms with Crippen LogP contribution in [0.3, 0.4) is 0 Å². The normalized spacial score (nSPS) is 17.2. The Morgan fingerprint density at radius 3 is 2.71 bits per heavy atom. The van der Waals surface area contributed by atoms with Gasteiger partial charge in [-0.1, -0.05) is 0 Å². The number of benzene rings is 1. The van der Waals surface area contributed by atoms with E-state index in [1.807, 2.05) is 26.8 Å². The number of hydrogen-bond donors (Lipinski definition) is 2. The van der Waals surface area contributed by atoms with Gasteiger partial charge in [0.1, 0.15) is 23.4 Å². The molecular weight excluding hydrogens is 488 g/mol. The molecule has 3 unspecified atom stereocenters. The molecule has 2 aromatic rings. The first-order chi connectivity index (χ1) is 18.1. The molecule has 1 saturated heterocycles. The van der Waals surface area contributed by atoms with Crippen molar-refractivity contribution >= 4 is 28.7 Å². The Bertz CT molecular complexity index is 1140. The second kappa shape index (κ2) is 13.0. The van der Waals surface area contributed by atoms with E-state index in [4.69, 9.17) is 19.9 Å². The highest BCUT2D eigenvalue weighted by atomic mass is 16.5. The second-order valence-electron chi connectivity index (χ2n) is 10.3. The number of amides is 2. The van der Waals surface area contributed by atoms with Gasteiger partial charge in [0.25, 0.3) is 5.91 Å². The summed E-state index contributed by atoms with van der Waals surface area (Å²) in [6, 6.07) is 5.59. The third-order valence-electron chi connectivity index (χ3n) is 6.76. The van der Waals surface area contributed by atoms with Crippen LogP contribution in [-0.4, -0.2) is 78.3 Å². The van der Waals surface area contributed by atoms with Crippen molar-refractivity contribution in [2.24, 2.45) is 5.73 Å². The number of nitrogens with one attached hydrogen (secondary N) is 1. The number of carbonyl (C=O) groups excluding carboxylic acids is 3. The Morgan fingerprint density at radius 2 is 2.00 bits per heavy atom. The zero-order chi connectivity index (χ0) is 27.9. The lowest BCUT2D eigenvalue weighted by Crippen LogP contribution is -2.50. The van der Waals surface area contributed by atoms with Crippen LogP contribution in [0.2, 0.25) is 0 Å². The molecule has 0 aliphatic carbocycles. The summed E-state index contributed by atoms with van der Waals surface area (Å²) in [6.07, 6.45) is 4.38. The summed E-state index contributed by atoms with van der Waals surface area (Å²) in [7, 11) is 1.31. The first kappa shape index (κ1) is 29.3. The summed E-state index contributed by atoms with van der Waals surface area (Å²) in [6.45, 7) is 9.16. The molecule has 0 saturated carbocycles. The Balaban J connectivity index is 1.71. The van der Waals surface area contributed by atoms with Gasteiger partial charge in [-0.3, -0.25) is 14.6 Å². The smallest absolute Gasteiger partial charge is 0.328 e. The maximum Gasteiger partial charge on any atom is 0.328 e. The summed E-state index contributed by atoms with van der Waals surface area (Å²) >= 11 is 0. The molecular formula is C28H40N4O6. The molecule has 10 heteroatoms. The first-order valence-electron chi connectivity index (χ1n) is 13.1. The monoisotopic (exact) mass is 528 g/mol. The van der Waals surface area contributed by atoms with Crippen LogP contribution in [-0.2, 0) is 19.1 Å². The van der Waals surface area contributed by atoms with Gasteiger partial charge in [0.2, 0.25) is 5.91 Å². The minimum absolute atomic E-state index is 0.0923. The number of hydrogen-bond acceptors (Lipinski definition) is 8. The number of fused-ring (bicyclic) bond motifs is 1. The van der Waals surface area contributed by atoms with Crippen LogP contribution in [0.5, 0.6) is 5.75 Å². The van der Waals surface area contributed by atoms with Crippen LogP contribution in [0.4, 0.5) is 0 Å². The molecule has 2 heterocycles. The van der Waals surface area contributed by atoms with Crippen molar-refractivity contribution < 1.29 is 28.6 Å². The van der Waals surface area contributed by atoms with Crippen molar-refractivity contribution in [1.29, 1.82) is 0 Å². The molecule has 38 heavy (non-hydrogen) atoms. The predicted octanol–water partition coefficient (Wildman–Crippen LogP) is 2.82. The lowest BCUT2D eigenvalue weighted by Gasteiger charge is -2.27. The SMILES string of the molecule is COC(=O)C1CCCN1C(=O)C(C)NC(=O)c1ccnc2ccc(OC(C)(C)CCOC(C)CCN)cc12. The third-order valence-corrected chi connectivity index (χ3v) is 6.76. The van der Waals surface area contributed by atoms with E-state index in [-0.39, 0.29) is 12.0 Å². The number of rotatable bonds is 12. The van der Waals surface area contributed by atoms with Gasteiger partial charge in [-0.05, 0) is 77.8 Å². The van der Waals surface area contributed by atoms with Crippen LogP contribution in [0.15, 0.2) is 30.5 Å². The van der Waals surface area contributed by atoms with Gasteiger partial charge in [0.05, 0.1) is 30.9 Å². The fourth-order valence-corrected chi connectivity index (χ4v) is 4.58. The van der Waals surface area contributed by atoms with Crippen molar-refractivity contribution in [3.8, 4) is 5.75 Å². The van der Waals surface area contributed by atoms with Crippen molar-refractivity contribution in [2.45, 2.75) is 77.2 Å². The van der Waals surface area contributed by atoms with Gasteiger partial charge < -0.3 is 30.2 Å². The van der Waals surface area contributed by atoms with E-state index < -0.39 is 29.6 Å². The summed E-state index contributed by atoms with van der Waals surface area (Å²) in [5.41, 5.74) is 6.09. The van der Waals surface area contributed by atoms with Crippen LogP contribution in [0.1, 0.15) is 63.7 Å². The highest BCUT2D eigenvalue weighted by molar-refractivity contribution is 6.07. The number of carbonyl (C=O) groups is 3. The van der Waals surface area contributed by atoms with E-state index in [9.17, 15) is 14.4 Å². The molecule has 3 atom stereocenters. The van der Waals surface area contributed by atoms with Crippen LogP contribution in [0.25, 0.3) is 10.9 Å². The van der Waals surface area contributed by atoms with Gasteiger partial charge in [-0.2, -0.15) is 0 Å². The summed E-state index contributed by atoms with van der Waals surface area (Å²) in [4.78, 5) is 44.2. The number of nitrogens with zero attached hydrogens (tertiary/aromatic N) is 2. The average molecular weight is 529 g/mol. The minimum Gasteiger partial charge on any atom is -0.488 e. The van der Waals surface area contributed by atoms with Crippen molar-refractivity contribution in [3.05, 3.63) is 36.0 Å². The van der Waals surface area contributed by atoms with E-state index >= 15 is 0 Å². The third kappa shape index (κ3) is 7.41. The maximum atomic E-state index is 13.2. The molecule has 10 nitrogen and oxygen atoms in total. The summed E-state index contributed by atoms with van der Waals surface area (Å²) in [5.74, 6) is -0.576. The molecule has 1 aliphatic heterocycles. The van der Waals surface area contributed by atoms with E-state index in [1.165, 1.54) is 12.0 Å². The van der Waals surface area contributed by atoms with Crippen LogP contribution >= 0.6 is 0 Å². The zero-order valence-electron chi connectivity index (χ0n) is 23.0. The number of nitrogens with two attached hydrogens (primary N) is 1. The Hall–Kier alpha value is -3.24.